The zero-order chi connectivity index (χ0) is 12.9. The van der Waals surface area contributed by atoms with E-state index in [0.717, 1.165) is 32.8 Å². The van der Waals surface area contributed by atoms with Gasteiger partial charge in [-0.3, -0.25) is 4.90 Å². The number of morpholine rings is 1. The van der Waals surface area contributed by atoms with Crippen molar-refractivity contribution >= 4 is 0 Å². The molecule has 0 aromatic carbocycles. The maximum Gasteiger partial charge on any atom is 0.0674 e. The van der Waals surface area contributed by atoms with Gasteiger partial charge < -0.3 is 10.1 Å². The van der Waals surface area contributed by atoms with Gasteiger partial charge in [-0.1, -0.05) is 20.8 Å². The minimum absolute atomic E-state index is 0.334. The number of nitrogens with one attached hydrogen (secondary N) is 1. The minimum atomic E-state index is 0.334. The van der Waals surface area contributed by atoms with Crippen molar-refractivity contribution in [3.05, 3.63) is 0 Å². The number of hydrogen-bond donors (Lipinski definition) is 1. The monoisotopic (exact) mass is 242 g/mol. The van der Waals surface area contributed by atoms with Crippen LogP contribution in [0.4, 0.5) is 0 Å². The predicted octanol–water partition coefficient (Wildman–Crippen LogP) is 2.12. The maximum atomic E-state index is 5.68. The molecule has 1 heterocycles. The SMILES string of the molecule is CCCNCC(C)(C)CN1CC(C)OCC1C. The van der Waals surface area contributed by atoms with Crippen molar-refractivity contribution in [2.75, 3.05) is 32.8 Å². The van der Waals surface area contributed by atoms with E-state index in [1.807, 2.05) is 0 Å². The Bertz CT molecular complexity index is 218. The van der Waals surface area contributed by atoms with E-state index < -0.39 is 0 Å². The van der Waals surface area contributed by atoms with Crippen molar-refractivity contribution in [2.24, 2.45) is 5.41 Å². The zero-order valence-corrected chi connectivity index (χ0v) is 12.3. The molecule has 1 fully saturated rings. The van der Waals surface area contributed by atoms with Crippen molar-refractivity contribution < 1.29 is 4.74 Å². The topological polar surface area (TPSA) is 24.5 Å². The largest absolute Gasteiger partial charge is 0.376 e. The maximum absolute atomic E-state index is 5.68. The van der Waals surface area contributed by atoms with Crippen LogP contribution in [-0.2, 0) is 4.74 Å². The molecule has 17 heavy (non-hydrogen) atoms. The molecular formula is C14H30N2O. The predicted molar refractivity (Wildman–Crippen MR) is 73.4 cm³/mol. The molecule has 2 atom stereocenters. The van der Waals surface area contributed by atoms with E-state index in [0.29, 0.717) is 17.6 Å². The number of ether oxygens (including phenoxy) is 1. The summed E-state index contributed by atoms with van der Waals surface area (Å²) >= 11 is 0. The van der Waals surface area contributed by atoms with Crippen LogP contribution in [0.5, 0.6) is 0 Å². The second-order valence-electron chi connectivity index (χ2n) is 6.26. The number of rotatable bonds is 6. The first-order valence-electron chi connectivity index (χ1n) is 7.01. The van der Waals surface area contributed by atoms with Gasteiger partial charge in [-0.05, 0) is 32.2 Å². The summed E-state index contributed by atoms with van der Waals surface area (Å²) in [6.45, 7) is 16.7. The van der Waals surface area contributed by atoms with Crippen LogP contribution in [-0.4, -0.2) is 49.8 Å². The summed E-state index contributed by atoms with van der Waals surface area (Å²) in [5, 5.41) is 3.53. The zero-order valence-electron chi connectivity index (χ0n) is 12.3. The van der Waals surface area contributed by atoms with Gasteiger partial charge in [0, 0.05) is 25.7 Å². The first kappa shape index (κ1) is 14.9. The molecule has 1 saturated heterocycles. The minimum Gasteiger partial charge on any atom is -0.376 e. The fourth-order valence-electron chi connectivity index (χ4n) is 2.40. The number of nitrogens with zero attached hydrogens (tertiary/aromatic N) is 1. The molecule has 0 aliphatic carbocycles. The average molecular weight is 242 g/mol. The molecule has 1 N–H and O–H groups in total. The first-order chi connectivity index (χ1) is 7.94. The van der Waals surface area contributed by atoms with Crippen LogP contribution in [0, 0.1) is 5.41 Å². The molecule has 1 aliphatic rings. The molecule has 0 saturated carbocycles. The van der Waals surface area contributed by atoms with Gasteiger partial charge >= 0.3 is 0 Å². The van der Waals surface area contributed by atoms with Crippen LogP contribution < -0.4 is 5.32 Å². The van der Waals surface area contributed by atoms with E-state index in [4.69, 9.17) is 4.74 Å². The molecule has 0 aromatic rings. The number of hydrogen-bond acceptors (Lipinski definition) is 3. The summed E-state index contributed by atoms with van der Waals surface area (Å²) in [7, 11) is 0. The third kappa shape index (κ3) is 5.36. The highest BCUT2D eigenvalue weighted by Crippen LogP contribution is 2.20. The highest BCUT2D eigenvalue weighted by atomic mass is 16.5. The average Bonchev–Trinajstić information content (AvgIpc) is 2.23. The molecule has 0 aromatic heterocycles. The van der Waals surface area contributed by atoms with Crippen molar-refractivity contribution in [1.82, 2.24) is 10.2 Å². The Morgan fingerprint density at radius 3 is 2.71 bits per heavy atom. The molecule has 2 unspecified atom stereocenters. The molecule has 0 radical (unpaired) electrons. The van der Waals surface area contributed by atoms with E-state index >= 15 is 0 Å². The molecule has 0 amide bonds. The van der Waals surface area contributed by atoms with Gasteiger partial charge in [0.15, 0.2) is 0 Å². The van der Waals surface area contributed by atoms with Crippen LogP contribution in [0.1, 0.15) is 41.0 Å². The van der Waals surface area contributed by atoms with Crippen molar-refractivity contribution in [2.45, 2.75) is 53.2 Å². The molecular weight excluding hydrogens is 212 g/mol. The highest BCUT2D eigenvalue weighted by Gasteiger charge is 2.28. The summed E-state index contributed by atoms with van der Waals surface area (Å²) < 4.78 is 5.68. The molecule has 1 aliphatic heterocycles. The van der Waals surface area contributed by atoms with E-state index in [-0.39, 0.29) is 0 Å². The fourth-order valence-corrected chi connectivity index (χ4v) is 2.40. The van der Waals surface area contributed by atoms with Crippen LogP contribution in [0.25, 0.3) is 0 Å². The lowest BCUT2D eigenvalue weighted by Gasteiger charge is -2.41. The van der Waals surface area contributed by atoms with Crippen LogP contribution >= 0.6 is 0 Å². The first-order valence-corrected chi connectivity index (χ1v) is 7.01. The lowest BCUT2D eigenvalue weighted by molar-refractivity contribution is -0.0599. The van der Waals surface area contributed by atoms with E-state index in [1.165, 1.54) is 6.42 Å². The second-order valence-corrected chi connectivity index (χ2v) is 6.26. The Hall–Kier alpha value is -0.120. The summed E-state index contributed by atoms with van der Waals surface area (Å²) in [6, 6.07) is 0.552. The van der Waals surface area contributed by atoms with E-state index in [2.05, 4.69) is 44.8 Å². The van der Waals surface area contributed by atoms with Gasteiger partial charge in [0.2, 0.25) is 0 Å². The van der Waals surface area contributed by atoms with Gasteiger partial charge in [0.1, 0.15) is 0 Å². The van der Waals surface area contributed by atoms with Gasteiger partial charge in [0.05, 0.1) is 12.7 Å². The van der Waals surface area contributed by atoms with Gasteiger partial charge in [-0.2, -0.15) is 0 Å². The van der Waals surface area contributed by atoms with Gasteiger partial charge in [-0.15, -0.1) is 0 Å². The lowest BCUT2D eigenvalue weighted by atomic mass is 9.91. The van der Waals surface area contributed by atoms with Crippen molar-refractivity contribution in [3.63, 3.8) is 0 Å². The molecule has 0 bridgehead atoms. The summed E-state index contributed by atoms with van der Waals surface area (Å²) in [5.41, 5.74) is 0.334. The third-order valence-corrected chi connectivity index (χ3v) is 3.40. The van der Waals surface area contributed by atoms with Crippen molar-refractivity contribution in [1.29, 1.82) is 0 Å². The molecule has 1 rings (SSSR count). The Labute approximate surface area is 107 Å². The Balaban J connectivity index is 2.39. The fraction of sp³-hybridized carbons (Fsp3) is 1.00. The highest BCUT2D eigenvalue weighted by molar-refractivity contribution is 4.82. The van der Waals surface area contributed by atoms with Gasteiger partial charge in [-0.25, -0.2) is 0 Å². The Morgan fingerprint density at radius 2 is 2.06 bits per heavy atom. The standard InChI is InChI=1S/C14H30N2O/c1-6-7-15-10-14(4,5)11-16-8-13(3)17-9-12(16)2/h12-13,15H,6-11H2,1-5H3. The van der Waals surface area contributed by atoms with Crippen molar-refractivity contribution in [3.8, 4) is 0 Å². The third-order valence-electron chi connectivity index (χ3n) is 3.40. The van der Waals surface area contributed by atoms with Crippen LogP contribution in [0.3, 0.4) is 0 Å². The van der Waals surface area contributed by atoms with Crippen LogP contribution in [0.15, 0.2) is 0 Å². The van der Waals surface area contributed by atoms with E-state index in [9.17, 15) is 0 Å². The van der Waals surface area contributed by atoms with Crippen LogP contribution in [0.2, 0.25) is 0 Å². The molecule has 0 spiro atoms. The summed E-state index contributed by atoms with van der Waals surface area (Å²) in [6.07, 6.45) is 1.59. The summed E-state index contributed by atoms with van der Waals surface area (Å²) in [4.78, 5) is 2.57. The molecule has 3 nitrogen and oxygen atoms in total. The normalized spacial score (nSPS) is 27.4. The Kier molecular flexibility index (Phi) is 5.90. The quantitative estimate of drug-likeness (QED) is 0.722. The lowest BCUT2D eigenvalue weighted by Crippen LogP contribution is -2.52. The molecule has 102 valence electrons. The van der Waals surface area contributed by atoms with E-state index in [1.54, 1.807) is 0 Å². The smallest absolute Gasteiger partial charge is 0.0674 e. The Morgan fingerprint density at radius 1 is 1.35 bits per heavy atom. The summed E-state index contributed by atoms with van der Waals surface area (Å²) in [5.74, 6) is 0. The van der Waals surface area contributed by atoms with Gasteiger partial charge in [0.25, 0.3) is 0 Å². The second kappa shape index (κ2) is 6.72. The molecule has 3 heteroatoms.